The highest BCUT2D eigenvalue weighted by Gasteiger charge is 2.23. The van der Waals surface area contributed by atoms with Crippen molar-refractivity contribution in [2.24, 2.45) is 0 Å². The molecule has 184 valence electrons. The van der Waals surface area contributed by atoms with Crippen LogP contribution >= 0.6 is 0 Å². The largest absolute Gasteiger partial charge is 0.322 e. The standard InChI is InChI=1S/C27H31N3O4S/c1-5-30(24-9-7-6-8-10-24)26(31)19-21-11-15-23(16-12-21)28-27(32)22-13-17-25(18-14-22)35(33,34)29(4)20(2)3/h6-18,20H,5,19H2,1-4H3,(H,28,32). The monoisotopic (exact) mass is 493 g/mol. The molecule has 1 N–H and O–H groups in total. The van der Waals surface area contributed by atoms with Gasteiger partial charge < -0.3 is 10.2 Å². The molecule has 7 nitrogen and oxygen atoms in total. The van der Waals surface area contributed by atoms with Gasteiger partial charge >= 0.3 is 0 Å². The highest BCUT2D eigenvalue weighted by Crippen LogP contribution is 2.19. The van der Waals surface area contributed by atoms with Crippen molar-refractivity contribution in [2.45, 2.75) is 38.1 Å². The Morgan fingerprint density at radius 2 is 1.49 bits per heavy atom. The predicted molar refractivity (Wildman–Crippen MR) is 139 cm³/mol. The highest BCUT2D eigenvalue weighted by molar-refractivity contribution is 7.89. The van der Waals surface area contributed by atoms with Crippen molar-refractivity contribution < 1.29 is 18.0 Å². The number of sulfonamides is 1. The molecule has 0 saturated carbocycles. The molecule has 3 rings (SSSR count). The van der Waals surface area contributed by atoms with Gasteiger partial charge in [-0.1, -0.05) is 30.3 Å². The number of hydrogen-bond donors (Lipinski definition) is 1. The molecule has 0 aliphatic rings. The number of para-hydroxylation sites is 1. The van der Waals surface area contributed by atoms with E-state index >= 15 is 0 Å². The summed E-state index contributed by atoms with van der Waals surface area (Å²) >= 11 is 0. The molecule has 0 radical (unpaired) electrons. The lowest BCUT2D eigenvalue weighted by Crippen LogP contribution is -2.33. The molecule has 3 aromatic rings. The maximum atomic E-state index is 12.8. The Kier molecular flexibility index (Phi) is 8.43. The lowest BCUT2D eigenvalue weighted by Gasteiger charge is -2.21. The normalized spacial score (nSPS) is 11.5. The fourth-order valence-corrected chi connectivity index (χ4v) is 4.88. The topological polar surface area (TPSA) is 86.8 Å². The van der Waals surface area contributed by atoms with Gasteiger partial charge in [0.25, 0.3) is 5.91 Å². The second kappa shape index (κ2) is 11.3. The Bertz CT molecular complexity index is 1260. The van der Waals surface area contributed by atoms with Crippen molar-refractivity contribution in [2.75, 3.05) is 23.8 Å². The van der Waals surface area contributed by atoms with Crippen molar-refractivity contribution in [3.63, 3.8) is 0 Å². The van der Waals surface area contributed by atoms with Crippen molar-refractivity contribution in [3.05, 3.63) is 90.0 Å². The van der Waals surface area contributed by atoms with Gasteiger partial charge in [-0.15, -0.1) is 0 Å². The molecule has 0 aliphatic carbocycles. The molecule has 0 bridgehead atoms. The van der Waals surface area contributed by atoms with Crippen LogP contribution in [0.5, 0.6) is 0 Å². The van der Waals surface area contributed by atoms with E-state index in [0.29, 0.717) is 17.8 Å². The zero-order chi connectivity index (χ0) is 25.6. The van der Waals surface area contributed by atoms with E-state index in [0.717, 1.165) is 11.3 Å². The van der Waals surface area contributed by atoms with Gasteiger partial charge in [0.2, 0.25) is 15.9 Å². The number of anilines is 2. The second-order valence-corrected chi connectivity index (χ2v) is 10.4. The van der Waals surface area contributed by atoms with Crippen LogP contribution in [-0.4, -0.2) is 44.2 Å². The van der Waals surface area contributed by atoms with E-state index in [1.54, 1.807) is 30.9 Å². The van der Waals surface area contributed by atoms with E-state index in [1.807, 2.05) is 49.4 Å². The van der Waals surface area contributed by atoms with Gasteiger partial charge in [0.05, 0.1) is 11.3 Å². The second-order valence-electron chi connectivity index (χ2n) is 8.44. The van der Waals surface area contributed by atoms with Gasteiger partial charge in [-0.2, -0.15) is 4.31 Å². The van der Waals surface area contributed by atoms with Gasteiger partial charge in [0.15, 0.2) is 0 Å². The molecule has 3 aromatic carbocycles. The van der Waals surface area contributed by atoms with Crippen molar-refractivity contribution in [1.82, 2.24) is 4.31 Å². The minimum absolute atomic E-state index is 0.00589. The quantitative estimate of drug-likeness (QED) is 0.473. The summed E-state index contributed by atoms with van der Waals surface area (Å²) in [6.07, 6.45) is 0.248. The van der Waals surface area contributed by atoms with Crippen LogP contribution in [0.25, 0.3) is 0 Å². The average molecular weight is 494 g/mol. The first-order chi connectivity index (χ1) is 16.6. The van der Waals surface area contributed by atoms with E-state index in [1.165, 1.54) is 35.6 Å². The van der Waals surface area contributed by atoms with Crippen LogP contribution in [0.2, 0.25) is 0 Å². The third-order valence-electron chi connectivity index (χ3n) is 5.77. The smallest absolute Gasteiger partial charge is 0.255 e. The van der Waals surface area contributed by atoms with Crippen LogP contribution in [-0.2, 0) is 21.2 Å². The number of nitrogens with zero attached hydrogens (tertiary/aromatic N) is 2. The molecule has 0 heterocycles. The van der Waals surface area contributed by atoms with Crippen LogP contribution in [0.15, 0.2) is 83.8 Å². The van der Waals surface area contributed by atoms with E-state index < -0.39 is 10.0 Å². The molecule has 8 heteroatoms. The van der Waals surface area contributed by atoms with Crippen LogP contribution in [0, 0.1) is 0 Å². The number of hydrogen-bond acceptors (Lipinski definition) is 4. The van der Waals surface area contributed by atoms with E-state index in [-0.39, 0.29) is 29.2 Å². The van der Waals surface area contributed by atoms with E-state index in [2.05, 4.69) is 5.32 Å². The summed E-state index contributed by atoms with van der Waals surface area (Å²) in [6, 6.07) is 22.3. The van der Waals surface area contributed by atoms with Gasteiger partial charge in [0, 0.05) is 36.6 Å². The SMILES string of the molecule is CCN(C(=O)Cc1ccc(NC(=O)c2ccc(S(=O)(=O)N(C)C(C)C)cc2)cc1)c1ccccc1. The Morgan fingerprint density at radius 3 is 2.03 bits per heavy atom. The molecule has 0 unspecified atom stereocenters. The number of amides is 2. The Labute approximate surface area is 207 Å². The van der Waals surface area contributed by atoms with Crippen LogP contribution in [0.4, 0.5) is 11.4 Å². The molecule has 0 aromatic heterocycles. The first kappa shape index (κ1) is 26.1. The summed E-state index contributed by atoms with van der Waals surface area (Å²) < 4.78 is 26.5. The molecular weight excluding hydrogens is 462 g/mol. The molecule has 0 atom stereocenters. The molecule has 0 fully saturated rings. The first-order valence-corrected chi connectivity index (χ1v) is 12.9. The number of carbonyl (C=O) groups is 2. The Morgan fingerprint density at radius 1 is 0.886 bits per heavy atom. The van der Waals surface area contributed by atoms with Gasteiger partial charge in [-0.3, -0.25) is 9.59 Å². The summed E-state index contributed by atoms with van der Waals surface area (Å²) in [5, 5.41) is 2.80. The zero-order valence-electron chi connectivity index (χ0n) is 20.4. The zero-order valence-corrected chi connectivity index (χ0v) is 21.2. The van der Waals surface area contributed by atoms with Crippen molar-refractivity contribution in [1.29, 1.82) is 0 Å². The number of rotatable bonds is 9. The summed E-state index contributed by atoms with van der Waals surface area (Å²) in [5.74, 6) is -0.357. The predicted octanol–water partition coefficient (Wildman–Crippen LogP) is 4.56. The number of benzene rings is 3. The lowest BCUT2D eigenvalue weighted by molar-refractivity contribution is -0.117. The van der Waals surface area contributed by atoms with Crippen LogP contribution < -0.4 is 10.2 Å². The third-order valence-corrected chi connectivity index (χ3v) is 7.82. The van der Waals surface area contributed by atoms with Crippen molar-refractivity contribution >= 4 is 33.2 Å². The Balaban J connectivity index is 1.63. The molecule has 35 heavy (non-hydrogen) atoms. The van der Waals surface area contributed by atoms with Crippen LogP contribution in [0.1, 0.15) is 36.7 Å². The molecular formula is C27H31N3O4S. The van der Waals surface area contributed by atoms with Crippen molar-refractivity contribution in [3.8, 4) is 0 Å². The fourth-order valence-electron chi connectivity index (χ4n) is 3.51. The summed E-state index contributed by atoms with van der Waals surface area (Å²) in [6.45, 7) is 6.10. The maximum Gasteiger partial charge on any atom is 0.255 e. The summed E-state index contributed by atoms with van der Waals surface area (Å²) in [4.78, 5) is 27.3. The Hall–Kier alpha value is -3.49. The van der Waals surface area contributed by atoms with Crippen LogP contribution in [0.3, 0.4) is 0 Å². The minimum atomic E-state index is -3.61. The first-order valence-electron chi connectivity index (χ1n) is 11.5. The lowest BCUT2D eigenvalue weighted by atomic mass is 10.1. The third kappa shape index (κ3) is 6.35. The van der Waals surface area contributed by atoms with E-state index in [4.69, 9.17) is 0 Å². The van der Waals surface area contributed by atoms with E-state index in [9.17, 15) is 18.0 Å². The number of carbonyl (C=O) groups excluding carboxylic acids is 2. The molecule has 2 amide bonds. The summed E-state index contributed by atoms with van der Waals surface area (Å²) in [5.41, 5.74) is 2.62. The van der Waals surface area contributed by atoms with Gasteiger partial charge in [-0.05, 0) is 74.9 Å². The van der Waals surface area contributed by atoms with Gasteiger partial charge in [-0.25, -0.2) is 8.42 Å². The highest BCUT2D eigenvalue weighted by atomic mass is 32.2. The maximum absolute atomic E-state index is 12.8. The number of nitrogens with one attached hydrogen (secondary N) is 1. The summed E-state index contributed by atoms with van der Waals surface area (Å²) in [7, 11) is -2.08. The minimum Gasteiger partial charge on any atom is -0.322 e. The molecule has 0 aliphatic heterocycles. The molecule has 0 saturated heterocycles. The molecule has 0 spiro atoms. The number of likely N-dealkylation sites (N-methyl/N-ethyl adjacent to an activating group) is 1. The fraction of sp³-hybridized carbons (Fsp3) is 0.259. The van der Waals surface area contributed by atoms with Gasteiger partial charge in [0.1, 0.15) is 0 Å². The average Bonchev–Trinajstić information content (AvgIpc) is 2.85.